The van der Waals surface area contributed by atoms with Crippen LogP contribution in [0.4, 0.5) is 0 Å². The first-order valence-corrected chi connectivity index (χ1v) is 7.64. The van der Waals surface area contributed by atoms with Crippen molar-refractivity contribution in [1.82, 2.24) is 10.0 Å². The Hall–Kier alpha value is -0.130. The van der Waals surface area contributed by atoms with Crippen molar-refractivity contribution in [2.24, 2.45) is 5.41 Å². The van der Waals surface area contributed by atoms with Gasteiger partial charge >= 0.3 is 0 Å². The summed E-state index contributed by atoms with van der Waals surface area (Å²) in [5, 5.41) is 3.20. The average Bonchev–Trinajstić information content (AvgIpc) is 2.15. The topological polar surface area (TPSA) is 58.2 Å². The molecule has 2 N–H and O–H groups in total. The molecule has 1 heterocycles. The molecule has 0 amide bonds. The number of rotatable bonds is 4. The Morgan fingerprint density at radius 1 is 1.38 bits per heavy atom. The van der Waals surface area contributed by atoms with Gasteiger partial charge in [-0.15, -0.1) is 0 Å². The molecule has 1 aliphatic rings. The van der Waals surface area contributed by atoms with Crippen LogP contribution in [0.25, 0.3) is 0 Å². The van der Waals surface area contributed by atoms with Crippen molar-refractivity contribution >= 4 is 10.0 Å². The van der Waals surface area contributed by atoms with E-state index in [9.17, 15) is 8.42 Å². The second-order valence-electron chi connectivity index (χ2n) is 5.79. The fraction of sp³-hybridized carbons (Fsp3) is 1.00. The van der Waals surface area contributed by atoms with Crippen molar-refractivity contribution in [2.45, 2.75) is 46.1 Å². The molecule has 1 rings (SSSR count). The molecule has 0 aromatic rings. The summed E-state index contributed by atoms with van der Waals surface area (Å²) in [6.07, 6.45) is 2.69. The Kier molecular flexibility index (Phi) is 4.76. The molecule has 0 aliphatic carbocycles. The molecular formula is C11H24N2O2S. The third-order valence-corrected chi connectivity index (χ3v) is 4.20. The normalized spacial score (nSPS) is 23.3. The molecule has 1 saturated heterocycles. The van der Waals surface area contributed by atoms with Crippen LogP contribution in [0.1, 0.15) is 40.0 Å². The van der Waals surface area contributed by atoms with Crippen LogP contribution in [0.2, 0.25) is 0 Å². The summed E-state index contributed by atoms with van der Waals surface area (Å²) in [6.45, 7) is 7.94. The maximum Gasteiger partial charge on any atom is 0.211 e. The Bertz CT molecular complexity index is 300. The van der Waals surface area contributed by atoms with E-state index in [1.165, 1.54) is 0 Å². The molecule has 16 heavy (non-hydrogen) atoms. The molecule has 1 atom stereocenters. The van der Waals surface area contributed by atoms with Gasteiger partial charge in [-0.2, -0.15) is 0 Å². The molecule has 96 valence electrons. The second kappa shape index (κ2) is 5.47. The average molecular weight is 248 g/mol. The lowest BCUT2D eigenvalue weighted by Crippen LogP contribution is -2.46. The molecule has 0 spiro atoms. The van der Waals surface area contributed by atoms with Crippen molar-refractivity contribution < 1.29 is 8.42 Å². The highest BCUT2D eigenvalue weighted by Crippen LogP contribution is 2.19. The van der Waals surface area contributed by atoms with Gasteiger partial charge in [-0.05, 0) is 31.2 Å². The summed E-state index contributed by atoms with van der Waals surface area (Å²) in [5.41, 5.74) is 0.0690. The van der Waals surface area contributed by atoms with Gasteiger partial charge in [0.1, 0.15) is 0 Å². The van der Waals surface area contributed by atoms with Crippen LogP contribution in [0.15, 0.2) is 0 Å². The monoisotopic (exact) mass is 248 g/mol. The van der Waals surface area contributed by atoms with Gasteiger partial charge in [-0.1, -0.05) is 20.8 Å². The molecule has 5 heteroatoms. The fourth-order valence-corrected chi connectivity index (χ4v) is 3.41. The summed E-state index contributed by atoms with van der Waals surface area (Å²) in [6, 6.07) is 0.0821. The zero-order chi connectivity index (χ0) is 12.2. The van der Waals surface area contributed by atoms with Crippen molar-refractivity contribution in [1.29, 1.82) is 0 Å². The predicted octanol–water partition coefficient (Wildman–Crippen LogP) is 1.09. The van der Waals surface area contributed by atoms with Gasteiger partial charge in [0.15, 0.2) is 0 Å². The first-order chi connectivity index (χ1) is 7.29. The van der Waals surface area contributed by atoms with Crippen LogP contribution < -0.4 is 10.0 Å². The van der Waals surface area contributed by atoms with Crippen LogP contribution in [0.3, 0.4) is 0 Å². The van der Waals surface area contributed by atoms with Crippen molar-refractivity contribution in [2.75, 3.05) is 18.8 Å². The van der Waals surface area contributed by atoms with Crippen molar-refractivity contribution in [3.63, 3.8) is 0 Å². The summed E-state index contributed by atoms with van der Waals surface area (Å²) in [4.78, 5) is 0. The molecular weight excluding hydrogens is 224 g/mol. The molecule has 1 aliphatic heterocycles. The van der Waals surface area contributed by atoms with E-state index in [0.717, 1.165) is 25.9 Å². The van der Waals surface area contributed by atoms with E-state index < -0.39 is 10.0 Å². The lowest BCUT2D eigenvalue weighted by Gasteiger charge is -2.24. The van der Waals surface area contributed by atoms with Crippen LogP contribution >= 0.6 is 0 Å². The molecule has 1 fully saturated rings. The highest BCUT2D eigenvalue weighted by Gasteiger charge is 2.22. The largest absolute Gasteiger partial charge is 0.315 e. The number of hydrogen-bond acceptors (Lipinski definition) is 3. The van der Waals surface area contributed by atoms with Crippen LogP contribution in [-0.4, -0.2) is 33.3 Å². The Morgan fingerprint density at radius 2 is 2.06 bits per heavy atom. The first-order valence-electron chi connectivity index (χ1n) is 5.99. The quantitative estimate of drug-likeness (QED) is 0.783. The third kappa shape index (κ3) is 5.82. The molecule has 0 aromatic heterocycles. The third-order valence-electron chi connectivity index (χ3n) is 2.76. The van der Waals surface area contributed by atoms with Gasteiger partial charge in [0.05, 0.1) is 5.75 Å². The minimum Gasteiger partial charge on any atom is -0.315 e. The lowest BCUT2D eigenvalue weighted by atomic mass is 9.94. The van der Waals surface area contributed by atoms with Crippen LogP contribution in [0.5, 0.6) is 0 Å². The first kappa shape index (κ1) is 13.9. The Balaban J connectivity index is 2.38. The van der Waals surface area contributed by atoms with E-state index in [2.05, 4.69) is 30.8 Å². The van der Waals surface area contributed by atoms with E-state index in [1.54, 1.807) is 0 Å². The van der Waals surface area contributed by atoms with Gasteiger partial charge in [-0.3, -0.25) is 0 Å². The minimum atomic E-state index is -3.10. The van der Waals surface area contributed by atoms with Crippen LogP contribution in [0, 0.1) is 5.41 Å². The van der Waals surface area contributed by atoms with E-state index >= 15 is 0 Å². The SMILES string of the molecule is CC(C)(C)CCS(=O)(=O)NC1CCCNC1. The number of piperidine rings is 1. The van der Waals surface area contributed by atoms with Gasteiger partial charge in [0.2, 0.25) is 10.0 Å². The van der Waals surface area contributed by atoms with Crippen LogP contribution in [-0.2, 0) is 10.0 Å². The number of nitrogens with one attached hydrogen (secondary N) is 2. The van der Waals surface area contributed by atoms with E-state index in [-0.39, 0.29) is 17.2 Å². The highest BCUT2D eigenvalue weighted by atomic mass is 32.2. The van der Waals surface area contributed by atoms with Gasteiger partial charge in [0.25, 0.3) is 0 Å². The Morgan fingerprint density at radius 3 is 2.56 bits per heavy atom. The van der Waals surface area contributed by atoms with E-state index in [4.69, 9.17) is 0 Å². The molecule has 0 aromatic carbocycles. The summed E-state index contributed by atoms with van der Waals surface area (Å²) in [7, 11) is -3.10. The molecule has 1 unspecified atom stereocenters. The maximum atomic E-state index is 11.8. The molecule has 0 saturated carbocycles. The number of hydrogen-bond donors (Lipinski definition) is 2. The fourth-order valence-electron chi connectivity index (χ4n) is 1.71. The summed E-state index contributed by atoms with van der Waals surface area (Å²) >= 11 is 0. The predicted molar refractivity (Wildman–Crippen MR) is 66.9 cm³/mol. The zero-order valence-corrected chi connectivity index (χ0v) is 11.4. The van der Waals surface area contributed by atoms with Gasteiger partial charge in [0, 0.05) is 12.6 Å². The minimum absolute atomic E-state index is 0.0690. The zero-order valence-electron chi connectivity index (χ0n) is 10.5. The highest BCUT2D eigenvalue weighted by molar-refractivity contribution is 7.89. The molecule has 4 nitrogen and oxygen atoms in total. The maximum absolute atomic E-state index is 11.8. The van der Waals surface area contributed by atoms with Crippen molar-refractivity contribution in [3.8, 4) is 0 Å². The summed E-state index contributed by atoms with van der Waals surface area (Å²) in [5.74, 6) is 0.229. The van der Waals surface area contributed by atoms with Crippen molar-refractivity contribution in [3.05, 3.63) is 0 Å². The number of sulfonamides is 1. The Labute approximate surface area is 99.2 Å². The molecule has 0 radical (unpaired) electrons. The lowest BCUT2D eigenvalue weighted by molar-refractivity contribution is 0.392. The van der Waals surface area contributed by atoms with Gasteiger partial charge < -0.3 is 5.32 Å². The summed E-state index contributed by atoms with van der Waals surface area (Å²) < 4.78 is 26.4. The smallest absolute Gasteiger partial charge is 0.211 e. The van der Waals surface area contributed by atoms with Gasteiger partial charge in [-0.25, -0.2) is 13.1 Å². The van der Waals surface area contributed by atoms with E-state index in [0.29, 0.717) is 6.42 Å². The second-order valence-corrected chi connectivity index (χ2v) is 7.66. The molecule has 0 bridgehead atoms. The standard InChI is InChI=1S/C11H24N2O2S/c1-11(2,3)6-8-16(14,15)13-10-5-4-7-12-9-10/h10,12-13H,4-9H2,1-3H3. The van der Waals surface area contributed by atoms with E-state index in [1.807, 2.05) is 0 Å².